The second-order valence-electron chi connectivity index (χ2n) is 8.73. The van der Waals surface area contributed by atoms with Gasteiger partial charge in [-0.1, -0.05) is 20.8 Å². The van der Waals surface area contributed by atoms with Crippen LogP contribution in [0.25, 0.3) is 10.2 Å². The van der Waals surface area contributed by atoms with Gasteiger partial charge in [-0.15, -0.1) is 11.3 Å². The summed E-state index contributed by atoms with van der Waals surface area (Å²) in [6, 6.07) is 0. The van der Waals surface area contributed by atoms with Gasteiger partial charge in [0.1, 0.15) is 10.7 Å². The van der Waals surface area contributed by atoms with E-state index in [-0.39, 0.29) is 11.0 Å². The third kappa shape index (κ3) is 3.63. The standard InChI is InChI=1S/C20H24IN5O2S/c1-10-22-18-15(12-7-6-11(20(2,3)4)8-14(12)29-18)19(28)26(10)24-17(27)16-13(21)9-25(5)23-16/h9,11H,6-8H2,1-5H3,(H,24,27)/t11-/m0/s1. The van der Waals surface area contributed by atoms with E-state index in [0.29, 0.717) is 22.8 Å². The first-order valence-corrected chi connectivity index (χ1v) is 11.5. The van der Waals surface area contributed by atoms with Gasteiger partial charge in [-0.25, -0.2) is 9.66 Å². The highest BCUT2D eigenvalue weighted by molar-refractivity contribution is 14.1. The average Bonchev–Trinajstić information content (AvgIpc) is 3.15. The Labute approximate surface area is 186 Å². The maximum absolute atomic E-state index is 13.3. The number of hydrogen-bond acceptors (Lipinski definition) is 5. The number of carbonyl (C=O) groups excluding carboxylic acids is 1. The Balaban J connectivity index is 1.75. The van der Waals surface area contributed by atoms with E-state index < -0.39 is 5.91 Å². The SMILES string of the molecule is Cc1nc2sc3c(c2c(=O)n1NC(=O)c1nn(C)cc1I)CC[C@H](C(C)(C)C)C3. The Kier molecular flexibility index (Phi) is 5.09. The molecule has 0 fully saturated rings. The van der Waals surface area contributed by atoms with Gasteiger partial charge in [0.2, 0.25) is 0 Å². The van der Waals surface area contributed by atoms with Crippen LogP contribution in [0.3, 0.4) is 0 Å². The second kappa shape index (κ2) is 7.19. The second-order valence-corrected chi connectivity index (χ2v) is 11.0. The maximum Gasteiger partial charge on any atom is 0.291 e. The summed E-state index contributed by atoms with van der Waals surface area (Å²) in [5.74, 6) is 0.642. The van der Waals surface area contributed by atoms with Crippen LogP contribution in [0.4, 0.5) is 0 Å². The number of thiophene rings is 1. The molecule has 1 aliphatic carbocycles. The number of nitrogens with one attached hydrogen (secondary N) is 1. The number of halogens is 1. The lowest BCUT2D eigenvalue weighted by Gasteiger charge is -2.33. The summed E-state index contributed by atoms with van der Waals surface area (Å²) >= 11 is 3.68. The molecule has 1 N–H and O–H groups in total. The molecule has 0 spiro atoms. The molecule has 0 aromatic carbocycles. The Morgan fingerprint density at radius 2 is 2.10 bits per heavy atom. The van der Waals surface area contributed by atoms with Gasteiger partial charge in [-0.05, 0) is 65.7 Å². The fraction of sp³-hybridized carbons (Fsp3) is 0.500. The Hall–Kier alpha value is -1.75. The molecule has 9 heteroatoms. The molecule has 3 heterocycles. The molecule has 0 saturated carbocycles. The summed E-state index contributed by atoms with van der Waals surface area (Å²) in [5, 5.41) is 4.83. The first kappa shape index (κ1) is 20.5. The van der Waals surface area contributed by atoms with Crippen LogP contribution >= 0.6 is 33.9 Å². The van der Waals surface area contributed by atoms with Crippen molar-refractivity contribution in [2.45, 2.75) is 47.0 Å². The minimum Gasteiger partial charge on any atom is -0.274 e. The van der Waals surface area contributed by atoms with Crippen LogP contribution in [-0.2, 0) is 19.9 Å². The van der Waals surface area contributed by atoms with Crippen LogP contribution in [0, 0.1) is 21.8 Å². The zero-order valence-corrected chi connectivity index (χ0v) is 20.1. The molecule has 4 rings (SSSR count). The molecule has 3 aromatic rings. The summed E-state index contributed by atoms with van der Waals surface area (Å²) < 4.78 is 3.57. The van der Waals surface area contributed by atoms with Gasteiger partial charge in [0, 0.05) is 18.1 Å². The van der Waals surface area contributed by atoms with Crippen LogP contribution in [0.2, 0.25) is 0 Å². The van der Waals surface area contributed by atoms with Gasteiger partial charge in [-0.3, -0.25) is 19.7 Å². The molecule has 0 unspecified atom stereocenters. The zero-order chi connectivity index (χ0) is 21.1. The van der Waals surface area contributed by atoms with Gasteiger partial charge < -0.3 is 0 Å². The molecule has 0 saturated heterocycles. The van der Waals surface area contributed by atoms with Crippen molar-refractivity contribution in [3.8, 4) is 0 Å². The van der Waals surface area contributed by atoms with E-state index >= 15 is 0 Å². The smallest absolute Gasteiger partial charge is 0.274 e. The number of aromatic nitrogens is 4. The molecule has 1 atom stereocenters. The van der Waals surface area contributed by atoms with Gasteiger partial charge in [0.05, 0.1) is 8.96 Å². The van der Waals surface area contributed by atoms with E-state index in [1.807, 2.05) is 0 Å². The van der Waals surface area contributed by atoms with Gasteiger partial charge in [-0.2, -0.15) is 5.10 Å². The van der Waals surface area contributed by atoms with Crippen LogP contribution < -0.4 is 11.0 Å². The fourth-order valence-electron chi connectivity index (χ4n) is 3.97. The maximum atomic E-state index is 13.3. The van der Waals surface area contributed by atoms with Crippen molar-refractivity contribution in [2.24, 2.45) is 18.4 Å². The van der Waals surface area contributed by atoms with Crippen molar-refractivity contribution in [3.63, 3.8) is 0 Å². The Morgan fingerprint density at radius 3 is 2.72 bits per heavy atom. The van der Waals surface area contributed by atoms with E-state index in [2.05, 4.69) is 58.9 Å². The Morgan fingerprint density at radius 1 is 1.38 bits per heavy atom. The topological polar surface area (TPSA) is 81.8 Å². The predicted molar refractivity (Wildman–Crippen MR) is 123 cm³/mol. The molecule has 0 radical (unpaired) electrons. The molecule has 1 amide bonds. The van der Waals surface area contributed by atoms with E-state index in [1.54, 1.807) is 36.2 Å². The van der Waals surface area contributed by atoms with Crippen molar-refractivity contribution in [2.75, 3.05) is 5.43 Å². The molecule has 3 aromatic heterocycles. The minimum atomic E-state index is -0.418. The molecule has 0 bridgehead atoms. The van der Waals surface area contributed by atoms with E-state index in [9.17, 15) is 9.59 Å². The number of carbonyl (C=O) groups is 1. The first-order chi connectivity index (χ1) is 13.6. The van der Waals surface area contributed by atoms with Gasteiger partial charge in [0.25, 0.3) is 11.5 Å². The summed E-state index contributed by atoms with van der Waals surface area (Å²) in [7, 11) is 1.76. The Bertz CT molecular complexity index is 1180. The summed E-state index contributed by atoms with van der Waals surface area (Å²) in [4.78, 5) is 32.7. The summed E-state index contributed by atoms with van der Waals surface area (Å²) in [6.45, 7) is 8.57. The molecule has 7 nitrogen and oxygen atoms in total. The van der Waals surface area contributed by atoms with Crippen LogP contribution in [-0.4, -0.2) is 25.3 Å². The number of fused-ring (bicyclic) bond motifs is 3. The van der Waals surface area contributed by atoms with Gasteiger partial charge >= 0.3 is 0 Å². The summed E-state index contributed by atoms with van der Waals surface area (Å²) in [5.41, 5.74) is 4.13. The number of nitrogens with zero attached hydrogens (tertiary/aromatic N) is 4. The van der Waals surface area contributed by atoms with Crippen molar-refractivity contribution in [3.05, 3.63) is 42.1 Å². The van der Waals surface area contributed by atoms with Gasteiger partial charge in [0.15, 0.2) is 5.69 Å². The molecule has 154 valence electrons. The average molecular weight is 525 g/mol. The largest absolute Gasteiger partial charge is 0.291 e. The first-order valence-electron chi connectivity index (χ1n) is 9.60. The quantitative estimate of drug-likeness (QED) is 0.519. The lowest BCUT2D eigenvalue weighted by atomic mass is 9.72. The lowest BCUT2D eigenvalue weighted by molar-refractivity contribution is 0.1000. The van der Waals surface area contributed by atoms with Crippen molar-refractivity contribution in [1.29, 1.82) is 0 Å². The van der Waals surface area contributed by atoms with Crippen molar-refractivity contribution < 1.29 is 4.79 Å². The van der Waals surface area contributed by atoms with E-state index in [0.717, 1.165) is 33.2 Å². The highest BCUT2D eigenvalue weighted by Gasteiger charge is 2.32. The molecular formula is C20H24IN5O2S. The highest BCUT2D eigenvalue weighted by Crippen LogP contribution is 2.42. The normalized spacial score (nSPS) is 16.8. The molecule has 29 heavy (non-hydrogen) atoms. The highest BCUT2D eigenvalue weighted by atomic mass is 127. The summed E-state index contributed by atoms with van der Waals surface area (Å²) in [6.07, 6.45) is 4.68. The van der Waals surface area contributed by atoms with Crippen molar-refractivity contribution in [1.82, 2.24) is 19.4 Å². The monoisotopic (exact) mass is 525 g/mol. The zero-order valence-electron chi connectivity index (χ0n) is 17.2. The third-order valence-corrected chi connectivity index (χ3v) is 7.63. The van der Waals surface area contributed by atoms with Crippen molar-refractivity contribution >= 4 is 50.1 Å². The lowest BCUT2D eigenvalue weighted by Crippen LogP contribution is -2.36. The number of rotatable bonds is 2. The van der Waals surface area contributed by atoms with Crippen LogP contribution in [0.1, 0.15) is 53.9 Å². The fourth-order valence-corrected chi connectivity index (χ4v) is 6.06. The number of hydrogen-bond donors (Lipinski definition) is 1. The molecular weight excluding hydrogens is 501 g/mol. The molecule has 0 aliphatic heterocycles. The van der Waals surface area contributed by atoms with E-state index in [1.165, 1.54) is 9.55 Å². The molecule has 1 aliphatic rings. The number of aryl methyl sites for hydroxylation is 3. The van der Waals surface area contributed by atoms with Crippen LogP contribution in [0.15, 0.2) is 11.0 Å². The predicted octanol–water partition coefficient (Wildman–Crippen LogP) is 3.64. The number of amides is 1. The minimum absolute atomic E-state index is 0.210. The third-order valence-electron chi connectivity index (χ3n) is 5.69. The van der Waals surface area contributed by atoms with E-state index in [4.69, 9.17) is 0 Å². The van der Waals surface area contributed by atoms with Crippen LogP contribution in [0.5, 0.6) is 0 Å².